The van der Waals surface area contributed by atoms with E-state index in [1.165, 1.54) is 0 Å². The lowest BCUT2D eigenvalue weighted by Crippen LogP contribution is -2.24. The van der Waals surface area contributed by atoms with Gasteiger partial charge in [-0.1, -0.05) is 38.3 Å². The highest BCUT2D eigenvalue weighted by atomic mass is 16.1. The number of carbonyl (C=O) groups excluding carboxylic acids is 1. The van der Waals surface area contributed by atoms with Gasteiger partial charge in [-0.05, 0) is 12.0 Å². The first-order valence-corrected chi connectivity index (χ1v) is 4.45. The molecule has 13 heavy (non-hydrogen) atoms. The summed E-state index contributed by atoms with van der Waals surface area (Å²) in [5, 5.41) is 2.79. The van der Waals surface area contributed by atoms with Gasteiger partial charge in [0.15, 0.2) is 0 Å². The topological polar surface area (TPSA) is 29.1 Å². The van der Waals surface area contributed by atoms with E-state index in [9.17, 15) is 4.79 Å². The van der Waals surface area contributed by atoms with Crippen molar-refractivity contribution in [3.05, 3.63) is 37.0 Å². The molecule has 0 aromatic carbocycles. The van der Waals surface area contributed by atoms with Gasteiger partial charge in [-0.15, -0.1) is 0 Å². The number of amides is 1. The second-order valence-electron chi connectivity index (χ2n) is 2.71. The summed E-state index contributed by atoms with van der Waals surface area (Å²) in [6, 6.07) is 0. The highest BCUT2D eigenvalue weighted by Gasteiger charge is 1.97. The molecule has 0 aliphatic heterocycles. The van der Waals surface area contributed by atoms with Crippen molar-refractivity contribution in [1.29, 1.82) is 0 Å². The Morgan fingerprint density at radius 1 is 1.46 bits per heavy atom. The maximum Gasteiger partial charge on any atom is 0.220 e. The molecule has 0 aliphatic rings. The fourth-order valence-corrected chi connectivity index (χ4v) is 0.867. The maximum atomic E-state index is 11.1. The van der Waals surface area contributed by atoms with Gasteiger partial charge < -0.3 is 5.32 Å². The third-order valence-electron chi connectivity index (χ3n) is 1.56. The van der Waals surface area contributed by atoms with Crippen molar-refractivity contribution < 1.29 is 4.79 Å². The van der Waals surface area contributed by atoms with E-state index in [1.54, 1.807) is 12.2 Å². The van der Waals surface area contributed by atoms with Gasteiger partial charge in [0.2, 0.25) is 5.91 Å². The molecule has 1 N–H and O–H groups in total. The third kappa shape index (κ3) is 5.91. The van der Waals surface area contributed by atoms with Crippen molar-refractivity contribution in [3.63, 3.8) is 0 Å². The van der Waals surface area contributed by atoms with Crippen LogP contribution in [-0.2, 0) is 4.79 Å². The van der Waals surface area contributed by atoms with E-state index in [0.717, 1.165) is 12.0 Å². The second kappa shape index (κ2) is 7.35. The van der Waals surface area contributed by atoms with Crippen LogP contribution in [0, 0.1) is 0 Å². The summed E-state index contributed by atoms with van der Waals surface area (Å²) in [5.74, 6) is 0.0827. The summed E-state index contributed by atoms with van der Waals surface area (Å²) in [6.07, 6.45) is 6.69. The number of hydrogen-bond donors (Lipinski definition) is 1. The Morgan fingerprint density at radius 3 is 2.62 bits per heavy atom. The fourth-order valence-electron chi connectivity index (χ4n) is 0.867. The molecule has 1 amide bonds. The molecule has 0 aromatic rings. The molecule has 72 valence electrons. The molecule has 0 spiro atoms. The van der Waals surface area contributed by atoms with E-state index in [2.05, 4.69) is 18.5 Å². The number of rotatable bonds is 6. The van der Waals surface area contributed by atoms with Crippen LogP contribution in [0.1, 0.15) is 19.8 Å². The molecule has 0 aromatic heterocycles. The molecule has 0 fully saturated rings. The number of hydrogen-bond acceptors (Lipinski definition) is 1. The van der Waals surface area contributed by atoms with Crippen molar-refractivity contribution >= 4 is 5.91 Å². The Balaban J connectivity index is 3.85. The quantitative estimate of drug-likeness (QED) is 0.622. The molecule has 0 unspecified atom stereocenters. The highest BCUT2D eigenvalue weighted by Crippen LogP contribution is 1.94. The Bertz CT molecular complexity index is 216. The van der Waals surface area contributed by atoms with Crippen LogP contribution in [0.25, 0.3) is 0 Å². The summed E-state index contributed by atoms with van der Waals surface area (Å²) in [6.45, 7) is 9.73. The lowest BCUT2D eigenvalue weighted by Gasteiger charge is -2.03. The zero-order valence-electron chi connectivity index (χ0n) is 8.18. The number of allylic oxidation sites excluding steroid dienone is 2. The summed E-state index contributed by atoms with van der Waals surface area (Å²) in [4.78, 5) is 11.1. The van der Waals surface area contributed by atoms with E-state index < -0.39 is 0 Å². The van der Waals surface area contributed by atoms with Gasteiger partial charge in [-0.3, -0.25) is 4.79 Å². The smallest absolute Gasteiger partial charge is 0.220 e. The molecular formula is C11H17NO. The number of nitrogens with one attached hydrogen (secondary N) is 1. The second-order valence-corrected chi connectivity index (χ2v) is 2.71. The predicted octanol–water partition coefficient (Wildman–Crippen LogP) is 2.20. The Morgan fingerprint density at radius 2 is 2.15 bits per heavy atom. The molecule has 0 atom stereocenters. The molecule has 0 saturated carbocycles. The Labute approximate surface area is 80.0 Å². The minimum absolute atomic E-state index is 0.0827. The van der Waals surface area contributed by atoms with Crippen LogP contribution in [-0.4, -0.2) is 12.5 Å². The van der Waals surface area contributed by atoms with Gasteiger partial charge in [0, 0.05) is 13.0 Å². The Kier molecular flexibility index (Phi) is 6.60. The van der Waals surface area contributed by atoms with Crippen molar-refractivity contribution in [2.24, 2.45) is 0 Å². The van der Waals surface area contributed by atoms with Gasteiger partial charge in [0.25, 0.3) is 0 Å². The number of carbonyl (C=O) groups is 1. The molecule has 0 heterocycles. The third-order valence-corrected chi connectivity index (χ3v) is 1.56. The standard InChI is InChI=1S/C11H17NO/c1-4-7-10(6-3)9-12-11(13)8-5-2/h4,6-7H,1,3,5,8-9H2,2H3,(H,12,13)/b10-7+. The Hall–Kier alpha value is -1.31. The largest absolute Gasteiger partial charge is 0.352 e. The normalized spacial score (nSPS) is 10.7. The van der Waals surface area contributed by atoms with Crippen molar-refractivity contribution in [3.8, 4) is 0 Å². The SMILES string of the molecule is C=C/C=C(\C=C)CNC(=O)CCC. The van der Waals surface area contributed by atoms with Gasteiger partial charge in [-0.25, -0.2) is 0 Å². The van der Waals surface area contributed by atoms with Crippen LogP contribution in [0.15, 0.2) is 37.0 Å². The lowest BCUT2D eigenvalue weighted by atomic mass is 10.2. The van der Waals surface area contributed by atoms with Gasteiger partial charge in [-0.2, -0.15) is 0 Å². The molecule has 0 radical (unpaired) electrons. The first-order chi connectivity index (χ1) is 6.24. The monoisotopic (exact) mass is 179 g/mol. The van der Waals surface area contributed by atoms with Crippen LogP contribution in [0.5, 0.6) is 0 Å². The molecule has 0 aliphatic carbocycles. The van der Waals surface area contributed by atoms with E-state index in [-0.39, 0.29) is 5.91 Å². The highest BCUT2D eigenvalue weighted by molar-refractivity contribution is 5.76. The average Bonchev–Trinajstić information content (AvgIpc) is 2.12. The molecule has 2 nitrogen and oxygen atoms in total. The molecule has 0 rings (SSSR count). The van der Waals surface area contributed by atoms with E-state index >= 15 is 0 Å². The summed E-state index contributed by atoms with van der Waals surface area (Å²) >= 11 is 0. The van der Waals surface area contributed by atoms with Gasteiger partial charge in [0.05, 0.1) is 0 Å². The van der Waals surface area contributed by atoms with Crippen molar-refractivity contribution in [2.45, 2.75) is 19.8 Å². The summed E-state index contributed by atoms with van der Waals surface area (Å²) in [7, 11) is 0. The maximum absolute atomic E-state index is 11.1. The van der Waals surface area contributed by atoms with E-state index in [1.807, 2.05) is 13.0 Å². The van der Waals surface area contributed by atoms with Crippen LogP contribution in [0.3, 0.4) is 0 Å². The fraction of sp³-hybridized carbons (Fsp3) is 0.364. The van der Waals surface area contributed by atoms with E-state index in [4.69, 9.17) is 0 Å². The molecule has 2 heteroatoms. The van der Waals surface area contributed by atoms with Gasteiger partial charge >= 0.3 is 0 Å². The van der Waals surface area contributed by atoms with Gasteiger partial charge in [0.1, 0.15) is 0 Å². The average molecular weight is 179 g/mol. The molecular weight excluding hydrogens is 162 g/mol. The minimum atomic E-state index is 0.0827. The summed E-state index contributed by atoms with van der Waals surface area (Å²) in [5.41, 5.74) is 0.972. The predicted molar refractivity (Wildman–Crippen MR) is 56.4 cm³/mol. The van der Waals surface area contributed by atoms with E-state index in [0.29, 0.717) is 13.0 Å². The zero-order valence-corrected chi connectivity index (χ0v) is 8.18. The first-order valence-electron chi connectivity index (χ1n) is 4.45. The lowest BCUT2D eigenvalue weighted by molar-refractivity contribution is -0.120. The van der Waals surface area contributed by atoms with Crippen LogP contribution < -0.4 is 5.32 Å². The van der Waals surface area contributed by atoms with Crippen LogP contribution in [0.4, 0.5) is 0 Å². The van der Waals surface area contributed by atoms with Crippen LogP contribution in [0.2, 0.25) is 0 Å². The zero-order chi connectivity index (χ0) is 10.1. The first kappa shape index (κ1) is 11.7. The molecule has 0 bridgehead atoms. The van der Waals surface area contributed by atoms with Crippen molar-refractivity contribution in [2.75, 3.05) is 6.54 Å². The molecule has 0 saturated heterocycles. The minimum Gasteiger partial charge on any atom is -0.352 e. The van der Waals surface area contributed by atoms with Crippen molar-refractivity contribution in [1.82, 2.24) is 5.32 Å². The van der Waals surface area contributed by atoms with Crippen LogP contribution >= 0.6 is 0 Å². The summed E-state index contributed by atoms with van der Waals surface area (Å²) < 4.78 is 0.